The smallest absolute Gasteiger partial charge is 0.213 e. The predicted octanol–water partition coefficient (Wildman–Crippen LogP) is 6.34. The summed E-state index contributed by atoms with van der Waals surface area (Å²) in [5, 5.41) is 7.79. The Morgan fingerprint density at radius 3 is 2.63 bits per heavy atom. The third-order valence-electron chi connectivity index (χ3n) is 5.01. The molecule has 27 heavy (non-hydrogen) atoms. The first-order valence-electron chi connectivity index (χ1n) is 8.82. The Labute approximate surface area is 171 Å². The van der Waals surface area contributed by atoms with Crippen LogP contribution in [0.2, 0.25) is 5.02 Å². The van der Waals surface area contributed by atoms with Crippen LogP contribution in [0, 0.1) is 0 Å². The molecule has 2 aliphatic rings. The van der Waals surface area contributed by atoms with Crippen LogP contribution in [-0.2, 0) is 0 Å². The van der Waals surface area contributed by atoms with Gasteiger partial charge in [-0.05, 0) is 35.9 Å². The normalized spacial score (nSPS) is 20.5. The molecule has 134 valence electrons. The van der Waals surface area contributed by atoms with Gasteiger partial charge in [0.1, 0.15) is 5.75 Å². The van der Waals surface area contributed by atoms with Crippen LogP contribution in [-0.4, -0.2) is 10.7 Å². The number of rotatable bonds is 2. The van der Waals surface area contributed by atoms with Crippen LogP contribution in [0.1, 0.15) is 35.4 Å². The van der Waals surface area contributed by atoms with Gasteiger partial charge in [-0.1, -0.05) is 70.0 Å². The second kappa shape index (κ2) is 6.70. The Balaban J connectivity index is 1.60. The number of hydrazone groups is 1. The molecule has 2 heterocycles. The van der Waals surface area contributed by atoms with Crippen molar-refractivity contribution in [3.63, 3.8) is 0 Å². The molecule has 5 heteroatoms. The number of hydrogen-bond acceptors (Lipinski definition) is 3. The van der Waals surface area contributed by atoms with Crippen molar-refractivity contribution >= 4 is 33.2 Å². The van der Waals surface area contributed by atoms with Gasteiger partial charge >= 0.3 is 0 Å². The van der Waals surface area contributed by atoms with Crippen molar-refractivity contribution in [3.05, 3.63) is 99.0 Å². The van der Waals surface area contributed by atoms with E-state index in [0.717, 1.165) is 38.5 Å². The van der Waals surface area contributed by atoms with Crippen molar-refractivity contribution in [1.82, 2.24) is 5.01 Å². The van der Waals surface area contributed by atoms with Crippen LogP contribution in [0.5, 0.6) is 5.75 Å². The van der Waals surface area contributed by atoms with E-state index in [4.69, 9.17) is 21.4 Å². The van der Waals surface area contributed by atoms with Crippen LogP contribution in [0.4, 0.5) is 0 Å². The lowest BCUT2D eigenvalue weighted by Crippen LogP contribution is -2.33. The van der Waals surface area contributed by atoms with Gasteiger partial charge in [-0.15, -0.1) is 0 Å². The summed E-state index contributed by atoms with van der Waals surface area (Å²) in [5.41, 5.74) is 4.40. The highest BCUT2D eigenvalue weighted by atomic mass is 79.9. The van der Waals surface area contributed by atoms with Crippen molar-refractivity contribution in [3.8, 4) is 5.75 Å². The summed E-state index contributed by atoms with van der Waals surface area (Å²) in [6, 6.07) is 24.5. The zero-order valence-corrected chi connectivity index (χ0v) is 16.7. The molecule has 3 aromatic carbocycles. The summed E-state index contributed by atoms with van der Waals surface area (Å²) in [6.07, 6.45) is 0.583. The molecule has 2 unspecified atom stereocenters. The predicted molar refractivity (Wildman–Crippen MR) is 111 cm³/mol. The molecule has 0 saturated heterocycles. The number of nitrogens with zero attached hydrogens (tertiary/aromatic N) is 2. The van der Waals surface area contributed by atoms with E-state index in [2.05, 4.69) is 45.2 Å². The van der Waals surface area contributed by atoms with E-state index >= 15 is 0 Å². The number of ether oxygens (including phenoxy) is 1. The van der Waals surface area contributed by atoms with E-state index in [1.54, 1.807) is 0 Å². The number of hydrogen-bond donors (Lipinski definition) is 0. The summed E-state index contributed by atoms with van der Waals surface area (Å²) in [7, 11) is 0. The van der Waals surface area contributed by atoms with Gasteiger partial charge < -0.3 is 4.74 Å². The molecular formula is C22H16BrClN2O. The molecule has 0 fully saturated rings. The molecule has 5 rings (SSSR count). The minimum absolute atomic E-state index is 0.157. The minimum atomic E-state index is -0.257. The highest BCUT2D eigenvalue weighted by molar-refractivity contribution is 9.10. The summed E-state index contributed by atoms with van der Waals surface area (Å²) >= 11 is 9.62. The second-order valence-electron chi connectivity index (χ2n) is 6.72. The van der Waals surface area contributed by atoms with Gasteiger partial charge in [0.05, 0.1) is 11.8 Å². The zero-order valence-electron chi connectivity index (χ0n) is 14.3. The quantitative estimate of drug-likeness (QED) is 0.465. The topological polar surface area (TPSA) is 24.8 Å². The first-order chi connectivity index (χ1) is 13.2. The summed E-state index contributed by atoms with van der Waals surface area (Å²) in [6.45, 7) is 0. The van der Waals surface area contributed by atoms with E-state index < -0.39 is 0 Å². The lowest BCUT2D eigenvalue weighted by Gasteiger charge is -2.38. The van der Waals surface area contributed by atoms with Crippen LogP contribution >= 0.6 is 27.5 Å². The lowest BCUT2D eigenvalue weighted by atomic mass is 9.96. The fourth-order valence-corrected chi connectivity index (χ4v) is 4.27. The molecule has 0 radical (unpaired) electrons. The highest BCUT2D eigenvalue weighted by Gasteiger charge is 2.40. The van der Waals surface area contributed by atoms with Gasteiger partial charge in [0, 0.05) is 27.0 Å². The first kappa shape index (κ1) is 16.8. The Morgan fingerprint density at radius 2 is 1.81 bits per heavy atom. The largest absolute Gasteiger partial charge is 0.464 e. The average molecular weight is 440 g/mol. The third-order valence-corrected chi connectivity index (χ3v) is 5.76. The second-order valence-corrected chi connectivity index (χ2v) is 8.07. The Morgan fingerprint density at radius 1 is 1.00 bits per heavy atom. The van der Waals surface area contributed by atoms with E-state index in [1.165, 1.54) is 5.56 Å². The van der Waals surface area contributed by atoms with E-state index in [0.29, 0.717) is 0 Å². The monoisotopic (exact) mass is 438 g/mol. The van der Waals surface area contributed by atoms with Crippen molar-refractivity contribution in [2.45, 2.75) is 18.7 Å². The van der Waals surface area contributed by atoms with Gasteiger partial charge in [-0.25, -0.2) is 5.01 Å². The molecule has 0 amide bonds. The van der Waals surface area contributed by atoms with E-state index in [1.807, 2.05) is 48.5 Å². The molecule has 0 aromatic heterocycles. The summed E-state index contributed by atoms with van der Waals surface area (Å²) in [4.78, 5) is 0. The number of fused-ring (bicyclic) bond motifs is 3. The SMILES string of the molecule is Clc1ccc(C2=NN3C(C2)c2ccccc2OC3c2cccc(Br)c2)cc1. The molecule has 3 aromatic rings. The van der Waals surface area contributed by atoms with Gasteiger partial charge in [-0.2, -0.15) is 5.10 Å². The van der Waals surface area contributed by atoms with Crippen molar-refractivity contribution in [2.24, 2.45) is 5.10 Å². The first-order valence-corrected chi connectivity index (χ1v) is 9.99. The Kier molecular flexibility index (Phi) is 4.18. The molecule has 0 bridgehead atoms. The lowest BCUT2D eigenvalue weighted by molar-refractivity contribution is -0.0190. The Bertz CT molecular complexity index is 1030. The maximum absolute atomic E-state index is 6.37. The van der Waals surface area contributed by atoms with Gasteiger partial charge in [0.15, 0.2) is 0 Å². The molecule has 0 spiro atoms. The van der Waals surface area contributed by atoms with Crippen molar-refractivity contribution in [1.29, 1.82) is 0 Å². The molecule has 3 nitrogen and oxygen atoms in total. The molecule has 0 aliphatic carbocycles. The molecule has 2 aliphatic heterocycles. The van der Waals surface area contributed by atoms with Crippen LogP contribution in [0.3, 0.4) is 0 Å². The maximum Gasteiger partial charge on any atom is 0.213 e. The molecule has 0 saturated carbocycles. The zero-order chi connectivity index (χ0) is 18.4. The molecule has 0 N–H and O–H groups in total. The van der Waals surface area contributed by atoms with Crippen LogP contribution < -0.4 is 4.74 Å². The highest BCUT2D eigenvalue weighted by Crippen LogP contribution is 2.47. The fraction of sp³-hybridized carbons (Fsp3) is 0.136. The third kappa shape index (κ3) is 3.03. The fourth-order valence-electron chi connectivity index (χ4n) is 3.73. The summed E-state index contributed by atoms with van der Waals surface area (Å²) in [5.74, 6) is 0.927. The van der Waals surface area contributed by atoms with Crippen LogP contribution in [0.15, 0.2) is 82.4 Å². The summed E-state index contributed by atoms with van der Waals surface area (Å²) < 4.78 is 7.40. The standard InChI is InChI=1S/C22H16BrClN2O/c23-16-5-3-4-15(12-16)22-26-20(18-6-1-2-7-21(18)27-22)13-19(25-26)14-8-10-17(24)11-9-14/h1-12,20,22H,13H2. The van der Waals surface area contributed by atoms with Crippen molar-refractivity contribution in [2.75, 3.05) is 0 Å². The van der Waals surface area contributed by atoms with Gasteiger partial charge in [0.25, 0.3) is 0 Å². The Hall–Kier alpha value is -2.30. The maximum atomic E-state index is 6.37. The van der Waals surface area contributed by atoms with Crippen molar-refractivity contribution < 1.29 is 4.74 Å². The number of halogens is 2. The van der Waals surface area contributed by atoms with Gasteiger partial charge in [0.2, 0.25) is 6.23 Å². The molecule has 2 atom stereocenters. The number of para-hydroxylation sites is 1. The minimum Gasteiger partial charge on any atom is -0.464 e. The van der Waals surface area contributed by atoms with Gasteiger partial charge in [-0.3, -0.25) is 0 Å². The van der Waals surface area contributed by atoms with E-state index in [9.17, 15) is 0 Å². The van der Waals surface area contributed by atoms with E-state index in [-0.39, 0.29) is 12.3 Å². The van der Waals surface area contributed by atoms with Crippen LogP contribution in [0.25, 0.3) is 0 Å². The average Bonchev–Trinajstić information content (AvgIpc) is 3.13. The number of benzene rings is 3. The molecular weight excluding hydrogens is 424 g/mol.